The third-order valence-corrected chi connectivity index (χ3v) is 3.85. The highest BCUT2D eigenvalue weighted by molar-refractivity contribution is 5.95. The lowest BCUT2D eigenvalue weighted by atomic mass is 10.0. The van der Waals surface area contributed by atoms with Crippen LogP contribution in [0.15, 0.2) is 48.9 Å². The van der Waals surface area contributed by atoms with Crippen molar-refractivity contribution in [2.75, 3.05) is 11.1 Å². The first kappa shape index (κ1) is 17.5. The maximum absolute atomic E-state index is 14.1. The molecule has 0 radical (unpaired) electrons. The minimum Gasteiger partial charge on any atom is -0.382 e. The molecule has 2 aromatic heterocycles. The molecule has 26 heavy (non-hydrogen) atoms. The molecular formula is C19H18FN5O. The second-order valence-corrected chi connectivity index (χ2v) is 5.86. The Morgan fingerprint density at radius 2 is 2.04 bits per heavy atom. The van der Waals surface area contributed by atoms with Gasteiger partial charge in [0, 0.05) is 30.9 Å². The number of halogens is 1. The number of ketones is 1. The lowest BCUT2D eigenvalue weighted by Gasteiger charge is -2.10. The SMILES string of the molecule is Cc1cnc(C(=O)Cc2ccc(F)c(CNc3cccnc3N)c2)cn1. The zero-order valence-electron chi connectivity index (χ0n) is 14.2. The molecule has 132 valence electrons. The lowest BCUT2D eigenvalue weighted by Crippen LogP contribution is -2.09. The molecule has 0 amide bonds. The molecule has 7 heteroatoms. The van der Waals surface area contributed by atoms with E-state index in [0.717, 1.165) is 5.69 Å². The van der Waals surface area contributed by atoms with Crippen molar-refractivity contribution < 1.29 is 9.18 Å². The van der Waals surface area contributed by atoms with Crippen LogP contribution in [-0.2, 0) is 13.0 Å². The van der Waals surface area contributed by atoms with Crippen molar-refractivity contribution in [2.24, 2.45) is 0 Å². The van der Waals surface area contributed by atoms with Gasteiger partial charge in [0.15, 0.2) is 5.78 Å². The van der Waals surface area contributed by atoms with Crippen LogP contribution in [-0.4, -0.2) is 20.7 Å². The summed E-state index contributed by atoms with van der Waals surface area (Å²) >= 11 is 0. The molecular weight excluding hydrogens is 333 g/mol. The van der Waals surface area contributed by atoms with Gasteiger partial charge in [-0.1, -0.05) is 12.1 Å². The number of nitrogens with two attached hydrogens (primary N) is 1. The maximum Gasteiger partial charge on any atom is 0.187 e. The van der Waals surface area contributed by atoms with Gasteiger partial charge in [-0.3, -0.25) is 9.78 Å². The van der Waals surface area contributed by atoms with E-state index in [1.54, 1.807) is 43.6 Å². The van der Waals surface area contributed by atoms with Gasteiger partial charge in [-0.25, -0.2) is 14.4 Å². The van der Waals surface area contributed by atoms with Crippen molar-refractivity contribution in [3.8, 4) is 0 Å². The number of Topliss-reactive ketones (excluding diaryl/α,β-unsaturated/α-hetero) is 1. The minimum atomic E-state index is -0.355. The first-order chi connectivity index (χ1) is 12.5. The Morgan fingerprint density at radius 3 is 2.77 bits per heavy atom. The van der Waals surface area contributed by atoms with E-state index >= 15 is 0 Å². The third-order valence-electron chi connectivity index (χ3n) is 3.85. The Kier molecular flexibility index (Phi) is 5.17. The van der Waals surface area contributed by atoms with Crippen molar-refractivity contribution in [1.82, 2.24) is 15.0 Å². The molecule has 0 spiro atoms. The monoisotopic (exact) mass is 351 g/mol. The second-order valence-electron chi connectivity index (χ2n) is 5.86. The van der Waals surface area contributed by atoms with Crippen LogP contribution in [0.2, 0.25) is 0 Å². The number of carbonyl (C=O) groups is 1. The van der Waals surface area contributed by atoms with Gasteiger partial charge in [-0.2, -0.15) is 0 Å². The smallest absolute Gasteiger partial charge is 0.187 e. The molecule has 0 saturated heterocycles. The molecule has 3 N–H and O–H groups in total. The predicted octanol–water partition coefficient (Wildman–Crippen LogP) is 2.94. The van der Waals surface area contributed by atoms with E-state index in [1.807, 2.05) is 0 Å². The molecule has 0 saturated carbocycles. The summed E-state index contributed by atoms with van der Waals surface area (Å²) in [5, 5.41) is 3.05. The molecule has 0 unspecified atom stereocenters. The van der Waals surface area contributed by atoms with E-state index in [4.69, 9.17) is 5.73 Å². The summed E-state index contributed by atoms with van der Waals surface area (Å²) in [6.45, 7) is 2.03. The first-order valence-electron chi connectivity index (χ1n) is 8.06. The van der Waals surface area contributed by atoms with E-state index in [9.17, 15) is 9.18 Å². The van der Waals surface area contributed by atoms with E-state index < -0.39 is 0 Å². The average molecular weight is 351 g/mol. The third kappa shape index (κ3) is 4.18. The van der Waals surface area contributed by atoms with E-state index in [1.165, 1.54) is 12.3 Å². The van der Waals surface area contributed by atoms with Crippen molar-refractivity contribution in [1.29, 1.82) is 0 Å². The van der Waals surface area contributed by atoms with Gasteiger partial charge in [-0.05, 0) is 30.7 Å². The fourth-order valence-electron chi connectivity index (χ4n) is 2.44. The number of nitrogen functional groups attached to an aromatic ring is 1. The minimum absolute atomic E-state index is 0.125. The lowest BCUT2D eigenvalue weighted by molar-refractivity contribution is 0.0987. The van der Waals surface area contributed by atoms with Gasteiger partial charge in [0.25, 0.3) is 0 Å². The topological polar surface area (TPSA) is 93.8 Å². The number of carbonyl (C=O) groups excluding carboxylic acids is 1. The molecule has 3 rings (SSSR count). The highest BCUT2D eigenvalue weighted by atomic mass is 19.1. The Bertz CT molecular complexity index is 927. The Labute approximate surface area is 150 Å². The van der Waals surface area contributed by atoms with Gasteiger partial charge in [-0.15, -0.1) is 0 Å². The summed E-state index contributed by atoms with van der Waals surface area (Å²) in [7, 11) is 0. The Balaban J connectivity index is 1.72. The largest absolute Gasteiger partial charge is 0.382 e. The number of nitrogens with one attached hydrogen (secondary N) is 1. The van der Waals surface area contributed by atoms with Gasteiger partial charge in [0.2, 0.25) is 0 Å². The molecule has 0 atom stereocenters. The number of aromatic nitrogens is 3. The quantitative estimate of drug-likeness (QED) is 0.663. The number of hydrogen-bond acceptors (Lipinski definition) is 6. The summed E-state index contributed by atoms with van der Waals surface area (Å²) in [6, 6.07) is 8.12. The van der Waals surface area contributed by atoms with Crippen molar-refractivity contribution in [2.45, 2.75) is 19.9 Å². The van der Waals surface area contributed by atoms with E-state index in [2.05, 4.69) is 20.3 Å². The van der Waals surface area contributed by atoms with E-state index in [-0.39, 0.29) is 24.6 Å². The van der Waals surface area contributed by atoms with Crippen LogP contribution in [0.4, 0.5) is 15.9 Å². The molecule has 1 aromatic carbocycles. The fourth-order valence-corrected chi connectivity index (χ4v) is 2.44. The van der Waals surface area contributed by atoms with Gasteiger partial charge >= 0.3 is 0 Å². The number of hydrogen-bond donors (Lipinski definition) is 2. The predicted molar refractivity (Wildman–Crippen MR) is 97.2 cm³/mol. The van der Waals surface area contributed by atoms with Crippen LogP contribution in [0.25, 0.3) is 0 Å². The Morgan fingerprint density at radius 1 is 1.19 bits per heavy atom. The van der Waals surface area contributed by atoms with Gasteiger partial charge < -0.3 is 11.1 Å². The molecule has 0 aliphatic heterocycles. The highest BCUT2D eigenvalue weighted by Crippen LogP contribution is 2.18. The van der Waals surface area contributed by atoms with Crippen molar-refractivity contribution in [3.05, 3.63) is 77.3 Å². The van der Waals surface area contributed by atoms with E-state index in [0.29, 0.717) is 28.3 Å². The number of nitrogens with zero attached hydrogens (tertiary/aromatic N) is 3. The van der Waals surface area contributed by atoms with Gasteiger partial charge in [0.05, 0.1) is 17.6 Å². The second kappa shape index (κ2) is 7.69. The number of pyridine rings is 1. The van der Waals surface area contributed by atoms with Crippen LogP contribution in [0.5, 0.6) is 0 Å². The number of rotatable bonds is 6. The summed E-state index contributed by atoms with van der Waals surface area (Å²) in [5.41, 5.74) is 8.57. The first-order valence-corrected chi connectivity index (χ1v) is 8.06. The summed E-state index contributed by atoms with van der Waals surface area (Å²) in [4.78, 5) is 24.4. The zero-order chi connectivity index (χ0) is 18.5. The molecule has 3 aromatic rings. The highest BCUT2D eigenvalue weighted by Gasteiger charge is 2.11. The standard InChI is InChI=1S/C19H18FN5O/c1-12-9-24-17(11-23-12)18(26)8-13-4-5-15(20)14(7-13)10-25-16-3-2-6-22-19(16)21/h2-7,9,11,25H,8,10H2,1H3,(H2,21,22). The maximum atomic E-state index is 14.1. The summed E-state index contributed by atoms with van der Waals surface area (Å²) in [6.07, 6.45) is 4.71. The molecule has 6 nitrogen and oxygen atoms in total. The normalized spacial score (nSPS) is 10.5. The van der Waals surface area contributed by atoms with Crippen LogP contribution >= 0.6 is 0 Å². The average Bonchev–Trinajstić information content (AvgIpc) is 2.64. The zero-order valence-corrected chi connectivity index (χ0v) is 14.2. The fraction of sp³-hybridized carbons (Fsp3) is 0.158. The van der Waals surface area contributed by atoms with Crippen LogP contribution < -0.4 is 11.1 Å². The molecule has 0 aliphatic carbocycles. The number of benzene rings is 1. The molecule has 0 fully saturated rings. The number of aryl methyl sites for hydroxylation is 1. The molecule has 0 bridgehead atoms. The van der Waals surface area contributed by atoms with Crippen LogP contribution in [0.3, 0.4) is 0 Å². The Hall–Kier alpha value is -3.35. The van der Waals surface area contributed by atoms with Crippen LogP contribution in [0, 0.1) is 12.7 Å². The summed E-state index contributed by atoms with van der Waals surface area (Å²) in [5.74, 6) is -0.178. The summed E-state index contributed by atoms with van der Waals surface area (Å²) < 4.78 is 14.1. The number of anilines is 2. The van der Waals surface area contributed by atoms with Crippen molar-refractivity contribution in [3.63, 3.8) is 0 Å². The van der Waals surface area contributed by atoms with Crippen LogP contribution in [0.1, 0.15) is 27.3 Å². The van der Waals surface area contributed by atoms with Crippen molar-refractivity contribution >= 4 is 17.3 Å². The molecule has 2 heterocycles. The molecule has 0 aliphatic rings. The van der Waals surface area contributed by atoms with Gasteiger partial charge in [0.1, 0.15) is 17.3 Å².